The zero-order valence-corrected chi connectivity index (χ0v) is 40.6. The molecule has 0 bridgehead atoms. The van der Waals surface area contributed by atoms with E-state index in [1.807, 2.05) is 27.2 Å². The molecular formula is C51H96N2O6P+. The number of phosphoric ester groups is 1. The Morgan fingerprint density at radius 2 is 1.02 bits per heavy atom. The van der Waals surface area contributed by atoms with Crippen molar-refractivity contribution in [3.8, 4) is 0 Å². The van der Waals surface area contributed by atoms with Crippen LogP contribution in [0.15, 0.2) is 60.8 Å². The first-order valence-electron chi connectivity index (χ1n) is 24.7. The number of phosphoric acid groups is 1. The molecule has 0 rings (SSSR count). The number of hydrogen-bond acceptors (Lipinski definition) is 5. The van der Waals surface area contributed by atoms with Gasteiger partial charge in [0, 0.05) is 6.42 Å². The number of unbranched alkanes of at least 4 members (excludes halogenated alkanes) is 23. The molecule has 8 nitrogen and oxygen atoms in total. The lowest BCUT2D eigenvalue weighted by Crippen LogP contribution is -2.45. The fraction of sp³-hybridized carbons (Fsp3) is 0.784. The molecule has 0 fully saturated rings. The van der Waals surface area contributed by atoms with E-state index >= 15 is 0 Å². The van der Waals surface area contributed by atoms with Gasteiger partial charge in [-0.2, -0.15) is 0 Å². The highest BCUT2D eigenvalue weighted by molar-refractivity contribution is 7.47. The van der Waals surface area contributed by atoms with E-state index < -0.39 is 20.0 Å². The second-order valence-corrected chi connectivity index (χ2v) is 19.3. The van der Waals surface area contributed by atoms with Crippen LogP contribution in [0.25, 0.3) is 0 Å². The third-order valence-electron chi connectivity index (χ3n) is 10.7. The Hall–Kier alpha value is -1.80. The van der Waals surface area contributed by atoms with E-state index in [1.54, 1.807) is 6.08 Å². The van der Waals surface area contributed by atoms with E-state index in [9.17, 15) is 19.4 Å². The smallest absolute Gasteiger partial charge is 0.387 e. The Morgan fingerprint density at radius 3 is 1.53 bits per heavy atom. The number of likely N-dealkylation sites (N-methyl/N-ethyl adjacent to an activating group) is 1. The number of hydrogen-bond donors (Lipinski definition) is 3. The van der Waals surface area contributed by atoms with Gasteiger partial charge < -0.3 is 19.8 Å². The summed E-state index contributed by atoms with van der Waals surface area (Å²) in [6.07, 6.45) is 56.0. The first-order valence-corrected chi connectivity index (χ1v) is 26.2. The Bertz CT molecular complexity index is 1160. The van der Waals surface area contributed by atoms with Crippen molar-refractivity contribution in [3.05, 3.63) is 60.8 Å². The molecule has 3 N–H and O–H groups in total. The molecule has 0 saturated carbocycles. The second kappa shape index (κ2) is 42.5. The van der Waals surface area contributed by atoms with Gasteiger partial charge in [-0.05, 0) is 64.2 Å². The highest BCUT2D eigenvalue weighted by atomic mass is 31.2. The van der Waals surface area contributed by atoms with Crippen LogP contribution >= 0.6 is 7.82 Å². The fourth-order valence-corrected chi connectivity index (χ4v) is 7.57. The number of rotatable bonds is 44. The highest BCUT2D eigenvalue weighted by Gasteiger charge is 2.27. The summed E-state index contributed by atoms with van der Waals surface area (Å²) >= 11 is 0. The number of aliphatic hydroxyl groups is 1. The molecule has 1 amide bonds. The van der Waals surface area contributed by atoms with Gasteiger partial charge in [0.15, 0.2) is 0 Å². The van der Waals surface area contributed by atoms with Gasteiger partial charge in [-0.1, -0.05) is 197 Å². The van der Waals surface area contributed by atoms with Gasteiger partial charge in [-0.25, -0.2) is 4.57 Å². The largest absolute Gasteiger partial charge is 0.472 e. The van der Waals surface area contributed by atoms with Crippen LogP contribution in [0.3, 0.4) is 0 Å². The third-order valence-corrected chi connectivity index (χ3v) is 11.7. The third kappa shape index (κ3) is 44.3. The normalized spacial score (nSPS) is 14.7. The van der Waals surface area contributed by atoms with Gasteiger partial charge in [0.05, 0.1) is 39.9 Å². The lowest BCUT2D eigenvalue weighted by molar-refractivity contribution is -0.870. The Labute approximate surface area is 371 Å². The van der Waals surface area contributed by atoms with Crippen LogP contribution in [0.5, 0.6) is 0 Å². The predicted octanol–water partition coefficient (Wildman–Crippen LogP) is 14.2. The lowest BCUT2D eigenvalue weighted by Gasteiger charge is -2.25. The number of amides is 1. The summed E-state index contributed by atoms with van der Waals surface area (Å²) in [5, 5.41) is 13.8. The molecule has 9 heteroatoms. The van der Waals surface area contributed by atoms with Crippen molar-refractivity contribution in [2.45, 2.75) is 219 Å². The van der Waals surface area contributed by atoms with Crippen molar-refractivity contribution in [1.29, 1.82) is 0 Å². The van der Waals surface area contributed by atoms with Gasteiger partial charge >= 0.3 is 7.82 Å². The predicted molar refractivity (Wildman–Crippen MR) is 258 cm³/mol. The lowest BCUT2D eigenvalue weighted by atomic mass is 10.0. The molecule has 0 saturated heterocycles. The van der Waals surface area contributed by atoms with Crippen molar-refractivity contribution in [2.75, 3.05) is 40.9 Å². The summed E-state index contributed by atoms with van der Waals surface area (Å²) in [7, 11) is 1.54. The molecule has 0 heterocycles. The molecule has 0 aliphatic carbocycles. The molecule has 3 atom stereocenters. The minimum atomic E-state index is -4.36. The van der Waals surface area contributed by atoms with Gasteiger partial charge in [0.25, 0.3) is 0 Å². The summed E-state index contributed by atoms with van der Waals surface area (Å²) in [4.78, 5) is 23.2. The summed E-state index contributed by atoms with van der Waals surface area (Å²) in [6.45, 7) is 4.67. The summed E-state index contributed by atoms with van der Waals surface area (Å²) in [5.74, 6) is -0.205. The zero-order chi connectivity index (χ0) is 44.3. The maximum Gasteiger partial charge on any atom is 0.472 e. The van der Waals surface area contributed by atoms with Gasteiger partial charge in [-0.15, -0.1) is 0 Å². The molecule has 0 radical (unpaired) electrons. The number of aliphatic hydroxyl groups excluding tert-OH is 1. The van der Waals surface area contributed by atoms with E-state index in [2.05, 4.69) is 67.8 Å². The van der Waals surface area contributed by atoms with E-state index in [4.69, 9.17) is 9.05 Å². The molecule has 0 aromatic rings. The summed E-state index contributed by atoms with van der Waals surface area (Å²) in [5.41, 5.74) is 0. The molecule has 3 unspecified atom stereocenters. The first-order chi connectivity index (χ1) is 29.0. The van der Waals surface area contributed by atoms with Crippen molar-refractivity contribution < 1.29 is 32.9 Å². The van der Waals surface area contributed by atoms with Gasteiger partial charge in [0.1, 0.15) is 13.2 Å². The monoisotopic (exact) mass is 864 g/mol. The number of carbonyl (C=O) groups is 1. The van der Waals surface area contributed by atoms with Crippen LogP contribution in [0.4, 0.5) is 0 Å². The SMILES string of the molecule is CC/C=C\C/C=C\C/C=C\CCCCCCCC(=O)NC(COP(=O)(O)OCC[N+](C)(C)C)C(O)/C=C/CC/C=C/CCCCCCCCCCCCCCCCCCC. The van der Waals surface area contributed by atoms with Crippen molar-refractivity contribution in [1.82, 2.24) is 5.32 Å². The number of quaternary nitrogens is 1. The Morgan fingerprint density at radius 1 is 0.583 bits per heavy atom. The van der Waals surface area contributed by atoms with Gasteiger partial charge in [-0.3, -0.25) is 13.8 Å². The van der Waals surface area contributed by atoms with Crippen LogP contribution in [-0.4, -0.2) is 73.4 Å². The topological polar surface area (TPSA) is 105 Å². The Balaban J connectivity index is 4.38. The summed E-state index contributed by atoms with van der Waals surface area (Å²) < 4.78 is 23.6. The zero-order valence-electron chi connectivity index (χ0n) is 39.7. The maximum absolute atomic E-state index is 12.9. The van der Waals surface area contributed by atoms with E-state index in [-0.39, 0.29) is 19.1 Å². The van der Waals surface area contributed by atoms with Crippen molar-refractivity contribution in [2.24, 2.45) is 0 Å². The van der Waals surface area contributed by atoms with Crippen LogP contribution in [0.1, 0.15) is 206 Å². The number of carbonyl (C=O) groups excluding carboxylic acids is 1. The van der Waals surface area contributed by atoms with E-state index in [1.165, 1.54) is 109 Å². The molecule has 0 aromatic heterocycles. The maximum atomic E-state index is 12.9. The average Bonchev–Trinajstić information content (AvgIpc) is 3.20. The molecule has 0 aliphatic rings. The van der Waals surface area contributed by atoms with E-state index in [0.717, 1.165) is 77.0 Å². The van der Waals surface area contributed by atoms with Crippen molar-refractivity contribution in [3.63, 3.8) is 0 Å². The molecule has 0 aromatic carbocycles. The number of allylic oxidation sites excluding steroid dienone is 9. The molecule has 350 valence electrons. The molecule has 0 spiro atoms. The Kier molecular flexibility index (Phi) is 41.2. The van der Waals surface area contributed by atoms with Crippen LogP contribution in [-0.2, 0) is 18.4 Å². The minimum Gasteiger partial charge on any atom is -0.387 e. The standard InChI is InChI=1S/C51H95N2O6P/c1-6-8-10-12-14-16-18-20-22-23-24-25-26-27-28-29-31-32-34-36-38-40-42-44-50(54)49(48-59-60(56,57)58-47-46-53(3,4)5)52-51(55)45-43-41-39-37-35-33-30-21-19-17-15-13-11-9-7-2/h9,11,15,17,21,30,34,36,42,44,49-50,54H,6-8,10,12-14,16,18-20,22-29,31-33,35,37-41,43,45-48H2,1-5H3,(H-,52,55,56,57)/p+1/b11-9-,17-15-,30-21-,36-34+,44-42+. The molecular weight excluding hydrogens is 768 g/mol. The van der Waals surface area contributed by atoms with Crippen LogP contribution < -0.4 is 5.32 Å². The van der Waals surface area contributed by atoms with Crippen LogP contribution in [0, 0.1) is 0 Å². The summed E-state index contributed by atoms with van der Waals surface area (Å²) in [6, 6.07) is -0.874. The van der Waals surface area contributed by atoms with E-state index in [0.29, 0.717) is 17.4 Å². The quantitative estimate of drug-likeness (QED) is 0.0244. The second-order valence-electron chi connectivity index (χ2n) is 17.8. The van der Waals surface area contributed by atoms with Gasteiger partial charge in [0.2, 0.25) is 5.91 Å². The minimum absolute atomic E-state index is 0.0502. The highest BCUT2D eigenvalue weighted by Crippen LogP contribution is 2.43. The average molecular weight is 864 g/mol. The first kappa shape index (κ1) is 58.2. The number of nitrogens with one attached hydrogen (secondary N) is 1. The fourth-order valence-electron chi connectivity index (χ4n) is 6.84. The number of nitrogens with zero attached hydrogens (tertiary/aromatic N) is 1. The van der Waals surface area contributed by atoms with Crippen LogP contribution in [0.2, 0.25) is 0 Å². The molecule has 60 heavy (non-hydrogen) atoms. The molecule has 0 aliphatic heterocycles. The van der Waals surface area contributed by atoms with Crippen molar-refractivity contribution >= 4 is 13.7 Å².